The molecule has 6 heteroatoms. The molecule has 0 atom stereocenters. The molecule has 6 nitrogen and oxygen atoms in total. The molecule has 0 amide bonds. The van der Waals surface area contributed by atoms with E-state index in [9.17, 15) is 14.4 Å². The fraction of sp³-hybridized carbons (Fsp3) is 0.375. The van der Waals surface area contributed by atoms with Crippen LogP contribution in [0.4, 0.5) is 0 Å². The Morgan fingerprint density at radius 2 is 1.57 bits per heavy atom. The van der Waals surface area contributed by atoms with Gasteiger partial charge in [0.15, 0.2) is 0 Å². The van der Waals surface area contributed by atoms with Gasteiger partial charge in [-0.25, -0.2) is 9.59 Å². The first-order chi connectivity index (χ1) is 6.43. The van der Waals surface area contributed by atoms with Gasteiger partial charge in [-0.15, -0.1) is 0 Å². The van der Waals surface area contributed by atoms with Crippen LogP contribution in [0.2, 0.25) is 0 Å². The maximum absolute atomic E-state index is 10.4. The Balaban J connectivity index is 4.19. The number of carboxylic acids is 3. The highest BCUT2D eigenvalue weighted by molar-refractivity contribution is 5.94. The minimum atomic E-state index is -1.35. The van der Waals surface area contributed by atoms with E-state index in [0.29, 0.717) is 6.08 Å². The molecule has 0 aromatic carbocycles. The summed E-state index contributed by atoms with van der Waals surface area (Å²) < 4.78 is 0. The monoisotopic (exact) mass is 202 g/mol. The minimum Gasteiger partial charge on any atom is -0.481 e. The van der Waals surface area contributed by atoms with E-state index in [4.69, 9.17) is 15.3 Å². The van der Waals surface area contributed by atoms with Crippen LogP contribution in [0.3, 0.4) is 0 Å². The van der Waals surface area contributed by atoms with Gasteiger partial charge in [0.1, 0.15) is 0 Å². The summed E-state index contributed by atoms with van der Waals surface area (Å²) in [5, 5.41) is 25.1. The normalized spacial score (nSPS) is 11.0. The van der Waals surface area contributed by atoms with E-state index in [1.807, 2.05) is 0 Å². The van der Waals surface area contributed by atoms with Gasteiger partial charge in [0.25, 0.3) is 0 Å². The largest absolute Gasteiger partial charge is 0.481 e. The van der Waals surface area contributed by atoms with Crippen LogP contribution in [0.15, 0.2) is 11.6 Å². The van der Waals surface area contributed by atoms with Gasteiger partial charge in [-0.2, -0.15) is 0 Å². The number of carbonyl (C=O) groups is 3. The first-order valence-electron chi connectivity index (χ1n) is 3.82. The predicted octanol–water partition coefficient (Wildman–Crippen LogP) is 0.337. The SMILES string of the molecule is O=C(O)/C=C(\CCCC(=O)O)C(=O)O. The Morgan fingerprint density at radius 1 is 1.00 bits per heavy atom. The maximum Gasteiger partial charge on any atom is 0.331 e. The Kier molecular flexibility index (Phi) is 4.98. The van der Waals surface area contributed by atoms with Gasteiger partial charge >= 0.3 is 17.9 Å². The van der Waals surface area contributed by atoms with Crippen molar-refractivity contribution >= 4 is 17.9 Å². The van der Waals surface area contributed by atoms with Crippen molar-refractivity contribution in [3.8, 4) is 0 Å². The zero-order valence-corrected chi connectivity index (χ0v) is 7.27. The van der Waals surface area contributed by atoms with Crippen LogP contribution in [0.5, 0.6) is 0 Å². The summed E-state index contributed by atoms with van der Waals surface area (Å²) >= 11 is 0. The molecule has 0 aromatic heterocycles. The lowest BCUT2D eigenvalue weighted by molar-refractivity contribution is -0.137. The third kappa shape index (κ3) is 5.76. The van der Waals surface area contributed by atoms with E-state index < -0.39 is 17.9 Å². The number of hydrogen-bond donors (Lipinski definition) is 3. The van der Waals surface area contributed by atoms with Gasteiger partial charge < -0.3 is 15.3 Å². The average Bonchev–Trinajstić information content (AvgIpc) is 2.00. The average molecular weight is 202 g/mol. The van der Waals surface area contributed by atoms with Gasteiger partial charge in [0.05, 0.1) is 0 Å². The lowest BCUT2D eigenvalue weighted by Gasteiger charge is -1.98. The molecule has 78 valence electrons. The Bertz CT molecular complexity index is 278. The maximum atomic E-state index is 10.4. The molecule has 0 aliphatic heterocycles. The van der Waals surface area contributed by atoms with Gasteiger partial charge in [-0.3, -0.25) is 4.79 Å². The fourth-order valence-electron chi connectivity index (χ4n) is 0.820. The molecule has 0 aliphatic carbocycles. The Labute approximate surface area is 79.5 Å². The summed E-state index contributed by atoms with van der Waals surface area (Å²) in [5.41, 5.74) is -0.293. The lowest BCUT2D eigenvalue weighted by Crippen LogP contribution is -2.05. The fourth-order valence-corrected chi connectivity index (χ4v) is 0.820. The van der Waals surface area contributed by atoms with Gasteiger partial charge in [-0.05, 0) is 12.8 Å². The molecule has 0 saturated carbocycles. The van der Waals surface area contributed by atoms with Crippen molar-refractivity contribution in [1.82, 2.24) is 0 Å². The van der Waals surface area contributed by atoms with Crippen molar-refractivity contribution in [2.24, 2.45) is 0 Å². The van der Waals surface area contributed by atoms with Gasteiger partial charge in [-0.1, -0.05) is 0 Å². The highest BCUT2D eigenvalue weighted by atomic mass is 16.4. The number of hydrogen-bond acceptors (Lipinski definition) is 3. The number of aliphatic carboxylic acids is 3. The highest BCUT2D eigenvalue weighted by Crippen LogP contribution is 2.07. The van der Waals surface area contributed by atoms with Crippen molar-refractivity contribution < 1.29 is 29.7 Å². The smallest absolute Gasteiger partial charge is 0.331 e. The van der Waals surface area contributed by atoms with Crippen LogP contribution in [0.1, 0.15) is 19.3 Å². The molecule has 0 aliphatic rings. The zero-order chi connectivity index (χ0) is 11.1. The van der Waals surface area contributed by atoms with Crippen LogP contribution >= 0.6 is 0 Å². The zero-order valence-electron chi connectivity index (χ0n) is 7.27. The number of carboxylic acid groups (broad SMARTS) is 3. The molecule has 3 N–H and O–H groups in total. The summed E-state index contributed by atoms with van der Waals surface area (Å²) in [6.07, 6.45) is 0.448. The third-order valence-corrected chi connectivity index (χ3v) is 1.41. The first-order valence-corrected chi connectivity index (χ1v) is 3.82. The van der Waals surface area contributed by atoms with E-state index in [1.165, 1.54) is 0 Å². The molecule has 0 rings (SSSR count). The molecular formula is C8H10O6. The summed E-state index contributed by atoms with van der Waals surface area (Å²) in [6, 6.07) is 0. The lowest BCUT2D eigenvalue weighted by atomic mass is 10.1. The van der Waals surface area contributed by atoms with E-state index >= 15 is 0 Å². The topological polar surface area (TPSA) is 112 Å². The minimum absolute atomic E-state index is 0.0616. The molecule has 0 fully saturated rings. The Morgan fingerprint density at radius 3 is 1.93 bits per heavy atom. The van der Waals surface area contributed by atoms with E-state index in [-0.39, 0.29) is 24.8 Å². The second-order valence-electron chi connectivity index (χ2n) is 2.56. The van der Waals surface area contributed by atoms with Crippen molar-refractivity contribution in [3.63, 3.8) is 0 Å². The quantitative estimate of drug-likeness (QED) is 0.535. The second-order valence-corrected chi connectivity index (χ2v) is 2.56. The number of rotatable bonds is 6. The van der Waals surface area contributed by atoms with Crippen molar-refractivity contribution in [3.05, 3.63) is 11.6 Å². The van der Waals surface area contributed by atoms with Crippen molar-refractivity contribution in [2.75, 3.05) is 0 Å². The Hall–Kier alpha value is -1.85. The first kappa shape index (κ1) is 12.2. The highest BCUT2D eigenvalue weighted by Gasteiger charge is 2.09. The summed E-state index contributed by atoms with van der Waals surface area (Å²) in [5.74, 6) is -3.72. The van der Waals surface area contributed by atoms with Crippen molar-refractivity contribution in [1.29, 1.82) is 0 Å². The molecule has 0 bridgehead atoms. The predicted molar refractivity (Wildman–Crippen MR) is 44.8 cm³/mol. The summed E-state index contributed by atoms with van der Waals surface area (Å²) in [4.78, 5) is 30.7. The standard InChI is InChI=1S/C8H10O6/c9-6(10)3-1-2-5(8(13)14)4-7(11)12/h4H,1-3H2,(H,9,10)(H,11,12)(H,13,14)/b5-4+. The summed E-state index contributed by atoms with van der Waals surface area (Å²) in [7, 11) is 0. The molecule has 0 heterocycles. The van der Waals surface area contributed by atoms with Gasteiger partial charge in [0.2, 0.25) is 0 Å². The van der Waals surface area contributed by atoms with Crippen LogP contribution < -0.4 is 0 Å². The third-order valence-electron chi connectivity index (χ3n) is 1.41. The van der Waals surface area contributed by atoms with E-state index in [0.717, 1.165) is 0 Å². The molecule has 0 unspecified atom stereocenters. The van der Waals surface area contributed by atoms with Crippen LogP contribution in [0, 0.1) is 0 Å². The summed E-state index contributed by atoms with van der Waals surface area (Å²) in [6.45, 7) is 0. The molecule has 14 heavy (non-hydrogen) atoms. The van der Waals surface area contributed by atoms with Crippen LogP contribution in [0.25, 0.3) is 0 Å². The van der Waals surface area contributed by atoms with Gasteiger partial charge in [0, 0.05) is 18.1 Å². The molecule has 0 saturated heterocycles. The molecule has 0 radical (unpaired) electrons. The van der Waals surface area contributed by atoms with Crippen LogP contribution in [-0.2, 0) is 14.4 Å². The van der Waals surface area contributed by atoms with E-state index in [2.05, 4.69) is 0 Å². The van der Waals surface area contributed by atoms with Crippen molar-refractivity contribution in [2.45, 2.75) is 19.3 Å². The molecular weight excluding hydrogens is 192 g/mol. The van der Waals surface area contributed by atoms with E-state index in [1.54, 1.807) is 0 Å². The second kappa shape index (κ2) is 5.74. The molecule has 0 aromatic rings. The van der Waals surface area contributed by atoms with Crippen LogP contribution in [-0.4, -0.2) is 33.2 Å². The molecule has 0 spiro atoms.